The van der Waals surface area contributed by atoms with Gasteiger partial charge in [0, 0.05) is 12.2 Å². The Labute approximate surface area is 210 Å². The molecule has 3 N–H and O–H groups in total. The predicted molar refractivity (Wildman–Crippen MR) is 134 cm³/mol. The molecule has 1 fully saturated rings. The van der Waals surface area contributed by atoms with E-state index in [-0.39, 0.29) is 18.5 Å². The molecular formula is C25H31N3O7S. The van der Waals surface area contributed by atoms with Gasteiger partial charge in [-0.2, -0.15) is 8.42 Å². The summed E-state index contributed by atoms with van der Waals surface area (Å²) in [5.74, 6) is -1.33. The molecule has 36 heavy (non-hydrogen) atoms. The van der Waals surface area contributed by atoms with E-state index < -0.39 is 33.5 Å². The lowest BCUT2D eigenvalue weighted by molar-refractivity contribution is -0.131. The number of amides is 3. The molecule has 2 aromatic rings. The highest BCUT2D eigenvalue weighted by atomic mass is 32.2. The maximum Gasteiger partial charge on any atom is 0.339 e. The normalized spacial score (nSPS) is 15.9. The van der Waals surface area contributed by atoms with Gasteiger partial charge in [-0.15, -0.1) is 0 Å². The first-order valence-electron chi connectivity index (χ1n) is 11.5. The molecule has 0 spiro atoms. The van der Waals surface area contributed by atoms with E-state index in [1.807, 2.05) is 12.1 Å². The summed E-state index contributed by atoms with van der Waals surface area (Å²) in [5, 5.41) is 5.06. The highest BCUT2D eigenvalue weighted by Crippen LogP contribution is 2.34. The minimum absolute atomic E-state index is 0.262. The molecule has 0 bridgehead atoms. The second kappa shape index (κ2) is 11.1. The van der Waals surface area contributed by atoms with Crippen LogP contribution in [0.1, 0.15) is 61.1 Å². The fourth-order valence-corrected chi connectivity index (χ4v) is 4.68. The van der Waals surface area contributed by atoms with Crippen molar-refractivity contribution in [2.45, 2.75) is 51.0 Å². The largest absolute Gasteiger partial charge is 0.456 e. The Kier molecular flexibility index (Phi) is 8.36. The average molecular weight is 518 g/mol. The lowest BCUT2D eigenvalue weighted by atomic mass is 9.98. The Morgan fingerprint density at radius 2 is 1.83 bits per heavy atom. The molecular weight excluding hydrogens is 486 g/mol. The van der Waals surface area contributed by atoms with Crippen LogP contribution in [-0.2, 0) is 25.4 Å². The van der Waals surface area contributed by atoms with Gasteiger partial charge < -0.3 is 20.3 Å². The Morgan fingerprint density at radius 3 is 2.53 bits per heavy atom. The first kappa shape index (κ1) is 27.2. The van der Waals surface area contributed by atoms with Crippen LogP contribution in [0.3, 0.4) is 0 Å². The van der Waals surface area contributed by atoms with Crippen LogP contribution in [0.4, 0.5) is 10.5 Å². The molecule has 11 heteroatoms. The summed E-state index contributed by atoms with van der Waals surface area (Å²) in [6, 6.07) is 12.1. The van der Waals surface area contributed by atoms with Gasteiger partial charge in [0.2, 0.25) is 5.91 Å². The molecule has 10 nitrogen and oxygen atoms in total. The molecule has 0 aromatic heterocycles. The highest BCUT2D eigenvalue weighted by Gasteiger charge is 2.33. The van der Waals surface area contributed by atoms with Crippen LogP contribution in [0.2, 0.25) is 0 Å². The number of benzene rings is 2. The lowest BCUT2D eigenvalue weighted by Gasteiger charge is -2.27. The van der Waals surface area contributed by atoms with Crippen LogP contribution < -0.4 is 10.6 Å². The van der Waals surface area contributed by atoms with Crippen LogP contribution in [0, 0.1) is 0 Å². The Morgan fingerprint density at radius 1 is 1.11 bits per heavy atom. The van der Waals surface area contributed by atoms with E-state index in [9.17, 15) is 22.8 Å². The molecule has 1 atom stereocenters. The van der Waals surface area contributed by atoms with Gasteiger partial charge in [0.25, 0.3) is 10.1 Å². The van der Waals surface area contributed by atoms with Crippen LogP contribution in [0.15, 0.2) is 48.5 Å². The van der Waals surface area contributed by atoms with Crippen LogP contribution in [0.25, 0.3) is 0 Å². The van der Waals surface area contributed by atoms with Gasteiger partial charge in [-0.25, -0.2) is 9.59 Å². The first-order chi connectivity index (χ1) is 16.8. The minimum Gasteiger partial charge on any atom is -0.456 e. The quantitative estimate of drug-likeness (QED) is 0.377. The zero-order chi connectivity index (χ0) is 26.5. The summed E-state index contributed by atoms with van der Waals surface area (Å²) in [5.41, 5.74) is 1.07. The Balaban J connectivity index is 1.63. The van der Waals surface area contributed by atoms with Gasteiger partial charge in [-0.3, -0.25) is 9.35 Å². The SMILES string of the molecule is CC(C)(C)OC(=O)c1ccccc1C1CCCN1C(=O)CNC(=O)Nc1cccc(CS(=O)(=O)O)c1. The molecule has 0 aliphatic carbocycles. The third-order valence-corrected chi connectivity index (χ3v) is 6.14. The van der Waals surface area contributed by atoms with Gasteiger partial charge in [0.1, 0.15) is 11.4 Å². The molecule has 1 unspecified atom stereocenters. The number of carbonyl (C=O) groups is 3. The Hall–Kier alpha value is -3.44. The Bertz CT molecular complexity index is 1240. The number of esters is 1. The number of ether oxygens (including phenoxy) is 1. The van der Waals surface area contributed by atoms with Crippen molar-refractivity contribution < 1.29 is 32.1 Å². The van der Waals surface area contributed by atoms with E-state index in [1.165, 1.54) is 18.2 Å². The van der Waals surface area contributed by atoms with Crippen molar-refractivity contribution in [3.63, 3.8) is 0 Å². The lowest BCUT2D eigenvalue weighted by Crippen LogP contribution is -2.41. The maximum absolute atomic E-state index is 13.0. The van der Waals surface area contributed by atoms with Gasteiger partial charge in [0.05, 0.1) is 18.2 Å². The first-order valence-corrected chi connectivity index (χ1v) is 13.1. The summed E-state index contributed by atoms with van der Waals surface area (Å²) in [7, 11) is -4.21. The number of urea groups is 1. The minimum atomic E-state index is -4.21. The molecule has 194 valence electrons. The number of nitrogens with zero attached hydrogens (tertiary/aromatic N) is 1. The second-order valence-electron chi connectivity index (χ2n) is 9.57. The summed E-state index contributed by atoms with van der Waals surface area (Å²) in [4.78, 5) is 39.7. The fraction of sp³-hybridized carbons (Fsp3) is 0.400. The summed E-state index contributed by atoms with van der Waals surface area (Å²) in [6.07, 6.45) is 1.43. The molecule has 0 radical (unpaired) electrons. The van der Waals surface area contributed by atoms with Crippen LogP contribution in [-0.4, -0.2) is 54.5 Å². The van der Waals surface area contributed by atoms with Crippen molar-refractivity contribution in [2.75, 3.05) is 18.4 Å². The molecule has 1 heterocycles. The predicted octanol–water partition coefficient (Wildman–Crippen LogP) is 3.51. The zero-order valence-electron chi connectivity index (χ0n) is 20.5. The molecule has 1 aliphatic heterocycles. The number of carbonyl (C=O) groups excluding carboxylic acids is 3. The second-order valence-corrected chi connectivity index (χ2v) is 11.0. The number of rotatable bonds is 7. The number of nitrogens with one attached hydrogen (secondary N) is 2. The number of anilines is 1. The average Bonchev–Trinajstić information content (AvgIpc) is 3.25. The summed E-state index contributed by atoms with van der Waals surface area (Å²) >= 11 is 0. The van der Waals surface area contributed by atoms with Crippen molar-refractivity contribution in [3.05, 3.63) is 65.2 Å². The number of hydrogen-bond donors (Lipinski definition) is 3. The molecule has 1 saturated heterocycles. The molecule has 3 rings (SSSR count). The van der Waals surface area contributed by atoms with Crippen molar-refractivity contribution >= 4 is 33.7 Å². The van der Waals surface area contributed by atoms with E-state index in [0.29, 0.717) is 35.3 Å². The third-order valence-electron chi connectivity index (χ3n) is 5.45. The molecule has 1 aliphatic rings. The fourth-order valence-electron chi connectivity index (χ4n) is 4.08. The van der Waals surface area contributed by atoms with Crippen molar-refractivity contribution in [3.8, 4) is 0 Å². The van der Waals surface area contributed by atoms with Gasteiger partial charge in [-0.05, 0) is 62.9 Å². The van der Waals surface area contributed by atoms with Crippen LogP contribution >= 0.6 is 0 Å². The summed E-state index contributed by atoms with van der Waals surface area (Å²) in [6.45, 7) is 5.61. The van der Waals surface area contributed by atoms with E-state index in [4.69, 9.17) is 9.29 Å². The number of hydrogen-bond acceptors (Lipinski definition) is 6. The van der Waals surface area contributed by atoms with Gasteiger partial charge in [-0.1, -0.05) is 30.3 Å². The summed E-state index contributed by atoms with van der Waals surface area (Å²) < 4.78 is 36.7. The smallest absolute Gasteiger partial charge is 0.339 e. The third kappa shape index (κ3) is 7.79. The standard InChI is InChI=1S/C25H31N3O7S/c1-25(2,3)35-23(30)20-11-5-4-10-19(20)21-12-7-13-28(21)22(29)15-26-24(31)27-18-9-6-8-17(14-18)16-36(32,33)34/h4-6,8-11,14,21H,7,12-13,15-16H2,1-3H3,(H2,26,27,31)(H,32,33,34). The zero-order valence-corrected chi connectivity index (χ0v) is 21.3. The monoisotopic (exact) mass is 517 g/mol. The van der Waals surface area contributed by atoms with Crippen molar-refractivity contribution in [2.24, 2.45) is 0 Å². The van der Waals surface area contributed by atoms with E-state index in [1.54, 1.807) is 43.9 Å². The molecule has 0 saturated carbocycles. The van der Waals surface area contributed by atoms with Crippen molar-refractivity contribution in [1.29, 1.82) is 0 Å². The van der Waals surface area contributed by atoms with E-state index >= 15 is 0 Å². The van der Waals surface area contributed by atoms with E-state index in [0.717, 1.165) is 6.42 Å². The van der Waals surface area contributed by atoms with Gasteiger partial charge in [0.15, 0.2) is 0 Å². The van der Waals surface area contributed by atoms with Gasteiger partial charge >= 0.3 is 12.0 Å². The van der Waals surface area contributed by atoms with Crippen molar-refractivity contribution in [1.82, 2.24) is 10.2 Å². The van der Waals surface area contributed by atoms with E-state index in [2.05, 4.69) is 10.6 Å². The maximum atomic E-state index is 13.0. The molecule has 2 aromatic carbocycles. The number of likely N-dealkylation sites (tertiary alicyclic amines) is 1. The highest BCUT2D eigenvalue weighted by molar-refractivity contribution is 7.85. The van der Waals surface area contributed by atoms with Crippen LogP contribution in [0.5, 0.6) is 0 Å². The topological polar surface area (TPSA) is 142 Å². The molecule has 3 amide bonds.